The van der Waals surface area contributed by atoms with E-state index >= 15 is 0 Å². The summed E-state index contributed by atoms with van der Waals surface area (Å²) in [4.78, 5) is 25.6. The molecule has 2 aromatic heterocycles. The fourth-order valence-corrected chi connectivity index (χ4v) is 4.65. The van der Waals surface area contributed by atoms with Crippen LogP contribution in [-0.4, -0.2) is 36.6 Å². The van der Waals surface area contributed by atoms with Gasteiger partial charge in [0.1, 0.15) is 6.33 Å². The SMILES string of the molecule is CN/C=C(\C=N)c1cnc2ccc3ccc(CS(=O)(=O)NCc4cncnc4)cc3c(=O)c2c1. The second-order valence-corrected chi connectivity index (χ2v) is 9.41. The summed E-state index contributed by atoms with van der Waals surface area (Å²) in [5, 5.41) is 12.0. The molecule has 34 heavy (non-hydrogen) atoms. The lowest BCUT2D eigenvalue weighted by atomic mass is 10.1. The van der Waals surface area contributed by atoms with Gasteiger partial charge in [-0.25, -0.2) is 23.1 Å². The van der Waals surface area contributed by atoms with Gasteiger partial charge < -0.3 is 10.7 Å². The van der Waals surface area contributed by atoms with Crippen molar-refractivity contribution < 1.29 is 8.42 Å². The number of rotatable bonds is 8. The number of hydrogen-bond donors (Lipinski definition) is 3. The predicted octanol–water partition coefficient (Wildman–Crippen LogP) is 2.37. The van der Waals surface area contributed by atoms with E-state index in [0.29, 0.717) is 43.9 Å². The lowest BCUT2D eigenvalue weighted by Gasteiger charge is -2.07. The topological polar surface area (TPSA) is 138 Å². The monoisotopic (exact) mass is 474 g/mol. The molecule has 0 bridgehead atoms. The van der Waals surface area contributed by atoms with Gasteiger partial charge in [-0.3, -0.25) is 9.78 Å². The number of benzene rings is 1. The highest BCUT2D eigenvalue weighted by atomic mass is 32.2. The minimum absolute atomic E-state index is 0.0765. The molecular formula is C24H22N6O3S. The number of aromatic nitrogens is 3. The van der Waals surface area contributed by atoms with E-state index in [2.05, 4.69) is 25.0 Å². The predicted molar refractivity (Wildman–Crippen MR) is 133 cm³/mol. The van der Waals surface area contributed by atoms with Crippen molar-refractivity contribution in [3.05, 3.63) is 94.4 Å². The third-order valence-corrected chi connectivity index (χ3v) is 6.50. The largest absolute Gasteiger partial charge is 0.393 e. The summed E-state index contributed by atoms with van der Waals surface area (Å²) in [6.07, 6.45) is 8.90. The van der Waals surface area contributed by atoms with Crippen LogP contribution in [0, 0.1) is 5.41 Å². The van der Waals surface area contributed by atoms with E-state index in [1.54, 1.807) is 55.8 Å². The molecule has 0 aliphatic rings. The lowest BCUT2D eigenvalue weighted by molar-refractivity contribution is 0.580. The van der Waals surface area contributed by atoms with Gasteiger partial charge in [0.15, 0.2) is 5.43 Å². The van der Waals surface area contributed by atoms with E-state index in [4.69, 9.17) is 5.41 Å². The number of sulfonamides is 1. The summed E-state index contributed by atoms with van der Waals surface area (Å²) in [5.41, 5.74) is 2.59. The average Bonchev–Trinajstić information content (AvgIpc) is 2.98. The zero-order valence-electron chi connectivity index (χ0n) is 18.3. The third kappa shape index (κ3) is 5.13. The summed E-state index contributed by atoms with van der Waals surface area (Å²) < 4.78 is 27.7. The van der Waals surface area contributed by atoms with Crippen LogP contribution in [0.5, 0.6) is 0 Å². The van der Waals surface area contributed by atoms with Crippen molar-refractivity contribution in [2.24, 2.45) is 0 Å². The maximum Gasteiger partial charge on any atom is 0.216 e. The van der Waals surface area contributed by atoms with Crippen LogP contribution in [0.1, 0.15) is 16.7 Å². The summed E-state index contributed by atoms with van der Waals surface area (Å²) in [6, 6.07) is 10.3. The molecule has 2 aromatic carbocycles. The zero-order chi connectivity index (χ0) is 24.1. The Morgan fingerprint density at radius 1 is 1.03 bits per heavy atom. The number of pyridine rings is 1. The van der Waals surface area contributed by atoms with E-state index in [1.165, 1.54) is 24.9 Å². The molecule has 3 N–H and O–H groups in total. The first-order chi connectivity index (χ1) is 16.4. The summed E-state index contributed by atoms with van der Waals surface area (Å²) in [7, 11) is -1.94. The van der Waals surface area contributed by atoms with E-state index in [9.17, 15) is 13.2 Å². The van der Waals surface area contributed by atoms with E-state index in [1.807, 2.05) is 0 Å². The van der Waals surface area contributed by atoms with Crippen LogP contribution >= 0.6 is 0 Å². The van der Waals surface area contributed by atoms with E-state index in [-0.39, 0.29) is 17.7 Å². The van der Waals surface area contributed by atoms with Gasteiger partial charge in [0, 0.05) is 72.1 Å². The molecule has 0 atom stereocenters. The van der Waals surface area contributed by atoms with Gasteiger partial charge in [-0.2, -0.15) is 0 Å². The van der Waals surface area contributed by atoms with Crippen LogP contribution in [0.3, 0.4) is 0 Å². The summed E-state index contributed by atoms with van der Waals surface area (Å²) >= 11 is 0. The number of hydrogen-bond acceptors (Lipinski definition) is 8. The molecular weight excluding hydrogens is 452 g/mol. The molecule has 0 spiro atoms. The van der Waals surface area contributed by atoms with Crippen molar-refractivity contribution in [3.63, 3.8) is 0 Å². The second-order valence-electron chi connectivity index (χ2n) is 7.60. The van der Waals surface area contributed by atoms with Gasteiger partial charge in [0.2, 0.25) is 10.0 Å². The Morgan fingerprint density at radius 2 is 1.79 bits per heavy atom. The van der Waals surface area contributed by atoms with Crippen LogP contribution in [0.25, 0.3) is 27.2 Å². The molecule has 4 rings (SSSR count). The van der Waals surface area contributed by atoms with Crippen molar-refractivity contribution in [2.75, 3.05) is 7.05 Å². The van der Waals surface area contributed by atoms with Gasteiger partial charge >= 0.3 is 0 Å². The van der Waals surface area contributed by atoms with Crippen molar-refractivity contribution in [2.45, 2.75) is 12.3 Å². The molecule has 4 aromatic rings. The number of allylic oxidation sites excluding steroid dienone is 1. The summed E-state index contributed by atoms with van der Waals surface area (Å²) in [5.74, 6) is -0.279. The Labute approximate surface area is 196 Å². The fourth-order valence-electron chi connectivity index (χ4n) is 3.55. The zero-order valence-corrected chi connectivity index (χ0v) is 19.1. The Kier molecular flexibility index (Phi) is 6.71. The van der Waals surface area contributed by atoms with Crippen molar-refractivity contribution in [1.29, 1.82) is 5.41 Å². The fraction of sp³-hybridized carbons (Fsp3) is 0.125. The quantitative estimate of drug-likeness (QED) is 0.333. The molecule has 0 saturated carbocycles. The first kappa shape index (κ1) is 23.1. The Balaban J connectivity index is 1.72. The minimum Gasteiger partial charge on any atom is -0.393 e. The van der Waals surface area contributed by atoms with Crippen LogP contribution in [0.4, 0.5) is 0 Å². The molecule has 0 aliphatic carbocycles. The van der Waals surface area contributed by atoms with Gasteiger partial charge in [-0.15, -0.1) is 0 Å². The molecule has 0 unspecified atom stereocenters. The summed E-state index contributed by atoms with van der Waals surface area (Å²) in [6.45, 7) is 0.0765. The first-order valence-electron chi connectivity index (χ1n) is 10.4. The lowest BCUT2D eigenvalue weighted by Crippen LogP contribution is -2.24. The van der Waals surface area contributed by atoms with Crippen molar-refractivity contribution in [3.8, 4) is 0 Å². The van der Waals surface area contributed by atoms with Gasteiger partial charge in [-0.05, 0) is 29.1 Å². The van der Waals surface area contributed by atoms with E-state index < -0.39 is 10.0 Å². The molecule has 0 radical (unpaired) electrons. The van der Waals surface area contributed by atoms with Crippen LogP contribution in [0.2, 0.25) is 0 Å². The van der Waals surface area contributed by atoms with Crippen LogP contribution in [0.15, 0.2) is 72.3 Å². The molecule has 10 heteroatoms. The van der Waals surface area contributed by atoms with Crippen LogP contribution in [-0.2, 0) is 22.3 Å². The highest BCUT2D eigenvalue weighted by Crippen LogP contribution is 2.20. The smallest absolute Gasteiger partial charge is 0.216 e. The highest BCUT2D eigenvalue weighted by molar-refractivity contribution is 7.88. The average molecular weight is 475 g/mol. The van der Waals surface area contributed by atoms with Crippen LogP contribution < -0.4 is 15.5 Å². The number of nitrogens with zero attached hydrogens (tertiary/aromatic N) is 3. The van der Waals surface area contributed by atoms with Gasteiger partial charge in [0.25, 0.3) is 0 Å². The van der Waals surface area contributed by atoms with E-state index in [0.717, 1.165) is 0 Å². The van der Waals surface area contributed by atoms with Gasteiger partial charge in [0.05, 0.1) is 11.3 Å². The molecule has 0 aliphatic heterocycles. The first-order valence-corrected chi connectivity index (χ1v) is 12.0. The Bertz CT molecular complexity index is 1570. The molecule has 172 valence electrons. The molecule has 9 nitrogen and oxygen atoms in total. The highest BCUT2D eigenvalue weighted by Gasteiger charge is 2.13. The normalized spacial score (nSPS) is 12.1. The number of fused-ring (bicyclic) bond motifs is 2. The maximum atomic E-state index is 13.4. The van der Waals surface area contributed by atoms with Gasteiger partial charge in [-0.1, -0.05) is 18.2 Å². The molecule has 0 amide bonds. The minimum atomic E-state index is -3.66. The number of nitrogens with one attached hydrogen (secondary N) is 3. The van der Waals surface area contributed by atoms with Crippen molar-refractivity contribution >= 4 is 43.5 Å². The second kappa shape index (κ2) is 9.86. The standard InChI is InChI=1S/C24H22N6O3S/c1-26-12-20(8-25)19-7-22-23(29-13-19)5-4-18-3-2-16(6-21(18)24(22)31)14-34(32,33)30-11-17-9-27-15-28-10-17/h2-10,12-13,15,25-26,30H,11,14H2,1H3/b20-12+,25-8?. The molecule has 0 fully saturated rings. The maximum absolute atomic E-state index is 13.4. The molecule has 2 heterocycles. The third-order valence-electron chi connectivity index (χ3n) is 5.20. The Hall–Kier alpha value is -4.02. The Morgan fingerprint density at radius 3 is 2.53 bits per heavy atom. The van der Waals surface area contributed by atoms with Crippen molar-refractivity contribution in [1.82, 2.24) is 25.0 Å². The molecule has 0 saturated heterocycles.